The van der Waals surface area contributed by atoms with Crippen molar-refractivity contribution < 1.29 is 14.7 Å². The molecule has 0 aliphatic carbocycles. The first-order valence-corrected chi connectivity index (χ1v) is 5.97. The van der Waals surface area contributed by atoms with Gasteiger partial charge in [0.1, 0.15) is 6.04 Å². The van der Waals surface area contributed by atoms with Gasteiger partial charge in [-0.05, 0) is 12.3 Å². The standard InChI is InChI=1S/C12H23NO3/c1-5-7-9(4)11(14)13-10(12(15)16)8(3)6-2/h8-10H,5-7H2,1-4H3,(H,13,14)(H,15,16)/t8-,9?,10-/m0/s1. The number of hydrogen-bond acceptors (Lipinski definition) is 2. The largest absolute Gasteiger partial charge is 0.480 e. The third-order valence-corrected chi connectivity index (χ3v) is 2.95. The molecule has 0 aromatic heterocycles. The van der Waals surface area contributed by atoms with Crippen LogP contribution in [-0.2, 0) is 9.59 Å². The van der Waals surface area contributed by atoms with E-state index in [2.05, 4.69) is 5.32 Å². The average Bonchev–Trinajstić information content (AvgIpc) is 2.24. The molecule has 3 atom stereocenters. The van der Waals surface area contributed by atoms with Crippen molar-refractivity contribution in [2.45, 2.75) is 53.0 Å². The Bertz CT molecular complexity index is 240. The predicted octanol–water partition coefficient (Wildman–Crippen LogP) is 2.04. The van der Waals surface area contributed by atoms with E-state index in [-0.39, 0.29) is 17.7 Å². The Morgan fingerprint density at radius 3 is 2.19 bits per heavy atom. The van der Waals surface area contributed by atoms with E-state index in [1.54, 1.807) is 0 Å². The number of rotatable bonds is 7. The lowest BCUT2D eigenvalue weighted by atomic mass is 9.97. The molecule has 94 valence electrons. The summed E-state index contributed by atoms with van der Waals surface area (Å²) in [5.74, 6) is -1.27. The van der Waals surface area contributed by atoms with Crippen LogP contribution in [-0.4, -0.2) is 23.0 Å². The van der Waals surface area contributed by atoms with Crippen LogP contribution in [0.4, 0.5) is 0 Å². The Labute approximate surface area is 97.4 Å². The molecule has 4 heteroatoms. The molecule has 0 heterocycles. The molecule has 0 aromatic rings. The lowest BCUT2D eigenvalue weighted by Crippen LogP contribution is -2.46. The monoisotopic (exact) mass is 229 g/mol. The molecular formula is C12H23NO3. The topological polar surface area (TPSA) is 66.4 Å². The molecule has 1 amide bonds. The number of nitrogens with one attached hydrogen (secondary N) is 1. The summed E-state index contributed by atoms with van der Waals surface area (Å²) < 4.78 is 0. The second-order valence-electron chi connectivity index (χ2n) is 4.40. The Morgan fingerprint density at radius 2 is 1.81 bits per heavy atom. The molecule has 0 fully saturated rings. The molecule has 0 aliphatic heterocycles. The second-order valence-corrected chi connectivity index (χ2v) is 4.40. The van der Waals surface area contributed by atoms with Gasteiger partial charge in [0.25, 0.3) is 0 Å². The zero-order valence-corrected chi connectivity index (χ0v) is 10.6. The van der Waals surface area contributed by atoms with Gasteiger partial charge in [-0.3, -0.25) is 4.79 Å². The molecule has 0 radical (unpaired) electrons. The Kier molecular flexibility index (Phi) is 6.77. The number of aliphatic carboxylic acids is 1. The van der Waals surface area contributed by atoms with Crippen LogP contribution in [0.3, 0.4) is 0 Å². The van der Waals surface area contributed by atoms with Gasteiger partial charge in [0.15, 0.2) is 0 Å². The van der Waals surface area contributed by atoms with Gasteiger partial charge in [0.05, 0.1) is 0 Å². The predicted molar refractivity (Wildman–Crippen MR) is 63.1 cm³/mol. The highest BCUT2D eigenvalue weighted by Gasteiger charge is 2.26. The van der Waals surface area contributed by atoms with Crippen LogP contribution in [0.15, 0.2) is 0 Å². The minimum Gasteiger partial charge on any atom is -0.480 e. The molecule has 16 heavy (non-hydrogen) atoms. The van der Waals surface area contributed by atoms with Gasteiger partial charge in [-0.2, -0.15) is 0 Å². The van der Waals surface area contributed by atoms with Crippen molar-refractivity contribution in [3.63, 3.8) is 0 Å². The van der Waals surface area contributed by atoms with Gasteiger partial charge in [-0.25, -0.2) is 4.79 Å². The fraction of sp³-hybridized carbons (Fsp3) is 0.833. The summed E-state index contributed by atoms with van der Waals surface area (Å²) in [5, 5.41) is 11.6. The molecule has 0 bridgehead atoms. The molecule has 4 nitrogen and oxygen atoms in total. The van der Waals surface area contributed by atoms with E-state index in [4.69, 9.17) is 5.11 Å². The first-order valence-electron chi connectivity index (χ1n) is 5.97. The van der Waals surface area contributed by atoms with Crippen LogP contribution < -0.4 is 5.32 Å². The van der Waals surface area contributed by atoms with Gasteiger partial charge in [-0.15, -0.1) is 0 Å². The van der Waals surface area contributed by atoms with E-state index in [1.165, 1.54) is 0 Å². The normalized spacial score (nSPS) is 16.2. The molecular weight excluding hydrogens is 206 g/mol. The highest BCUT2D eigenvalue weighted by atomic mass is 16.4. The van der Waals surface area contributed by atoms with E-state index in [9.17, 15) is 9.59 Å². The first kappa shape index (κ1) is 14.9. The molecule has 0 saturated carbocycles. The van der Waals surface area contributed by atoms with Gasteiger partial charge in [0, 0.05) is 5.92 Å². The summed E-state index contributed by atoms with van der Waals surface area (Å²) in [7, 11) is 0. The van der Waals surface area contributed by atoms with E-state index in [0.29, 0.717) is 0 Å². The van der Waals surface area contributed by atoms with Crippen molar-refractivity contribution in [2.24, 2.45) is 11.8 Å². The number of amides is 1. The lowest BCUT2D eigenvalue weighted by molar-refractivity contribution is -0.144. The number of carboxylic acids is 1. The zero-order valence-electron chi connectivity index (χ0n) is 10.6. The minimum atomic E-state index is -0.952. The number of hydrogen-bond donors (Lipinski definition) is 2. The highest BCUT2D eigenvalue weighted by molar-refractivity contribution is 5.84. The Balaban J connectivity index is 4.40. The third kappa shape index (κ3) is 4.64. The maximum absolute atomic E-state index is 11.7. The van der Waals surface area contributed by atoms with Crippen molar-refractivity contribution in [1.29, 1.82) is 0 Å². The molecule has 0 aliphatic rings. The SMILES string of the molecule is CCCC(C)C(=O)N[C@H](C(=O)O)[C@@H](C)CC. The van der Waals surface area contributed by atoms with Crippen molar-refractivity contribution >= 4 is 11.9 Å². The molecule has 0 saturated heterocycles. The van der Waals surface area contributed by atoms with E-state index < -0.39 is 12.0 Å². The van der Waals surface area contributed by atoms with Crippen LogP contribution in [0.1, 0.15) is 47.0 Å². The number of carbonyl (C=O) groups is 2. The van der Waals surface area contributed by atoms with Gasteiger partial charge < -0.3 is 10.4 Å². The number of carbonyl (C=O) groups excluding carboxylic acids is 1. The molecule has 0 aromatic carbocycles. The smallest absolute Gasteiger partial charge is 0.326 e. The van der Waals surface area contributed by atoms with Gasteiger partial charge in [-0.1, -0.05) is 40.5 Å². The molecule has 0 rings (SSSR count). The molecule has 0 spiro atoms. The zero-order chi connectivity index (χ0) is 12.7. The maximum Gasteiger partial charge on any atom is 0.326 e. The van der Waals surface area contributed by atoms with Crippen LogP contribution in [0, 0.1) is 11.8 Å². The maximum atomic E-state index is 11.7. The van der Waals surface area contributed by atoms with Crippen molar-refractivity contribution in [3.8, 4) is 0 Å². The Hall–Kier alpha value is -1.06. The summed E-state index contributed by atoms with van der Waals surface area (Å²) in [4.78, 5) is 22.7. The van der Waals surface area contributed by atoms with Crippen molar-refractivity contribution in [3.05, 3.63) is 0 Å². The molecule has 1 unspecified atom stereocenters. The number of carboxylic acid groups (broad SMARTS) is 1. The van der Waals surface area contributed by atoms with E-state index >= 15 is 0 Å². The lowest BCUT2D eigenvalue weighted by Gasteiger charge is -2.22. The summed E-state index contributed by atoms with van der Waals surface area (Å²) in [6.07, 6.45) is 2.45. The van der Waals surface area contributed by atoms with Gasteiger partial charge in [0.2, 0.25) is 5.91 Å². The summed E-state index contributed by atoms with van der Waals surface area (Å²) in [5.41, 5.74) is 0. The van der Waals surface area contributed by atoms with Crippen molar-refractivity contribution in [2.75, 3.05) is 0 Å². The summed E-state index contributed by atoms with van der Waals surface area (Å²) in [6.45, 7) is 7.59. The summed E-state index contributed by atoms with van der Waals surface area (Å²) >= 11 is 0. The average molecular weight is 229 g/mol. The molecule has 2 N–H and O–H groups in total. The Morgan fingerprint density at radius 1 is 1.25 bits per heavy atom. The van der Waals surface area contributed by atoms with Crippen LogP contribution in [0.25, 0.3) is 0 Å². The van der Waals surface area contributed by atoms with Crippen LogP contribution in [0.5, 0.6) is 0 Å². The van der Waals surface area contributed by atoms with E-state index in [0.717, 1.165) is 19.3 Å². The van der Waals surface area contributed by atoms with Crippen LogP contribution >= 0.6 is 0 Å². The fourth-order valence-electron chi connectivity index (χ4n) is 1.54. The second kappa shape index (κ2) is 7.25. The third-order valence-electron chi connectivity index (χ3n) is 2.95. The quantitative estimate of drug-likeness (QED) is 0.702. The van der Waals surface area contributed by atoms with Crippen LogP contribution in [0.2, 0.25) is 0 Å². The summed E-state index contributed by atoms with van der Waals surface area (Å²) in [6, 6.07) is -0.767. The highest BCUT2D eigenvalue weighted by Crippen LogP contribution is 2.11. The minimum absolute atomic E-state index is 0.0460. The fourth-order valence-corrected chi connectivity index (χ4v) is 1.54. The van der Waals surface area contributed by atoms with Crippen molar-refractivity contribution in [1.82, 2.24) is 5.32 Å². The first-order chi connectivity index (χ1) is 7.43. The van der Waals surface area contributed by atoms with E-state index in [1.807, 2.05) is 27.7 Å². The van der Waals surface area contributed by atoms with Gasteiger partial charge >= 0.3 is 5.97 Å².